The van der Waals surface area contributed by atoms with Gasteiger partial charge in [0.15, 0.2) is 0 Å². The standard InChI is InChI=1S/C29H36N2O5.C25H28N2O5.C9H17NO2.2CH4/c1-7-16-31(17-25(32)36-29(4,5)6)27(33)26(19(2)3)30-28(34)35-18-24-22-14-10-8-12-20(22)21-13-9-11-15-23(21)24;1-4-13-27(14-22(28)29)24(30)23(16(2)3)26-25(31)32-15-21-19-11-7-5-9-17(19)18-10-6-8-12-20(18)21;1-5-6-10-7-8(11)12-9(2,3)4;;/h7-15,19,24,26H,1,16-18H2,2-6H3,(H,30,34);4-12,16,21,23H,1,13-15H2,2-3H3,(H,26,31)(H,28,29);5,10H,1,6-7H2,2-4H3;2*1H4/t26-;23-;;;/m00.../s1. The zero-order valence-corrected chi connectivity index (χ0v) is 48.0. The summed E-state index contributed by atoms with van der Waals surface area (Å²) in [5.74, 6) is -3.45. The summed E-state index contributed by atoms with van der Waals surface area (Å²) in [4.78, 5) is 88.6. The zero-order chi connectivity index (χ0) is 59.3. The average Bonchev–Trinajstić information content (AvgIpc) is 4.14. The van der Waals surface area contributed by atoms with E-state index in [0.717, 1.165) is 49.4 Å². The minimum Gasteiger partial charge on any atom is -0.480 e. The number of alkyl carbamates (subject to hydrolysis) is 2. The molecule has 4 aromatic rings. The lowest BCUT2D eigenvalue weighted by Gasteiger charge is -2.29. The normalized spacial score (nSPS) is 12.6. The van der Waals surface area contributed by atoms with Crippen LogP contribution >= 0.6 is 0 Å². The highest BCUT2D eigenvalue weighted by atomic mass is 16.6. The number of nitrogens with one attached hydrogen (secondary N) is 3. The molecule has 0 heterocycles. The Morgan fingerprint density at radius 2 is 0.866 bits per heavy atom. The number of carbonyl (C=O) groups is 7. The first-order valence-electron chi connectivity index (χ1n) is 26.8. The van der Waals surface area contributed by atoms with E-state index in [1.54, 1.807) is 40.7 Å². The summed E-state index contributed by atoms with van der Waals surface area (Å²) in [6.07, 6.45) is 3.29. The maximum atomic E-state index is 13.3. The second kappa shape index (κ2) is 33.0. The molecule has 4 aromatic carbocycles. The third-order valence-electron chi connectivity index (χ3n) is 12.5. The molecular weight excluding hydrogens is 1040 g/mol. The van der Waals surface area contributed by atoms with Crippen molar-refractivity contribution in [3.05, 3.63) is 157 Å². The summed E-state index contributed by atoms with van der Waals surface area (Å²) in [5, 5.41) is 17.3. The van der Waals surface area contributed by atoms with Gasteiger partial charge in [0.25, 0.3) is 0 Å². The molecule has 0 aromatic heterocycles. The first-order valence-corrected chi connectivity index (χ1v) is 26.8. The van der Waals surface area contributed by atoms with Crippen LogP contribution in [-0.2, 0) is 42.9 Å². The monoisotopic (exact) mass is 1130 g/mol. The van der Waals surface area contributed by atoms with Crippen molar-refractivity contribution in [2.24, 2.45) is 11.8 Å². The lowest BCUT2D eigenvalue weighted by atomic mass is 9.98. The number of hydrogen-bond acceptors (Lipinski definition) is 12. The largest absolute Gasteiger partial charge is 0.480 e. The van der Waals surface area contributed by atoms with Crippen molar-refractivity contribution < 1.29 is 57.6 Å². The van der Waals surface area contributed by atoms with E-state index in [-0.39, 0.29) is 83.9 Å². The SMILES string of the molecule is C.C.C=CCN(CC(=O)O)C(=O)[C@@H](NC(=O)OCC1c2ccccc2-c2ccccc21)C(C)C.C=CCN(CC(=O)OC(C)(C)C)C(=O)[C@@H](NC(=O)OCC1c2ccccc2-c2ccccc21)C(C)C.C=CCNCC(=O)OC(C)(C)C. The highest BCUT2D eigenvalue weighted by Crippen LogP contribution is 2.45. The molecule has 0 radical (unpaired) electrons. The van der Waals surface area contributed by atoms with Crippen molar-refractivity contribution in [3.63, 3.8) is 0 Å². The van der Waals surface area contributed by atoms with Gasteiger partial charge in [0.05, 0.1) is 6.54 Å². The Kier molecular flexibility index (Phi) is 28.2. The number of benzene rings is 4. The molecule has 2 atom stereocenters. The molecule has 17 heteroatoms. The molecule has 0 spiro atoms. The second-order valence-electron chi connectivity index (χ2n) is 21.9. The molecule has 0 fully saturated rings. The first kappa shape index (κ1) is 70.1. The Labute approximate surface area is 486 Å². The van der Waals surface area contributed by atoms with Crippen LogP contribution in [0.15, 0.2) is 135 Å². The number of carboxylic acid groups (broad SMARTS) is 1. The van der Waals surface area contributed by atoms with Gasteiger partial charge in [-0.05, 0) is 97.9 Å². The van der Waals surface area contributed by atoms with Gasteiger partial charge in [-0.3, -0.25) is 24.0 Å². The molecule has 0 saturated carbocycles. The topological polar surface area (TPSA) is 219 Å². The molecule has 17 nitrogen and oxygen atoms in total. The molecule has 4 N–H and O–H groups in total. The van der Waals surface area contributed by atoms with Crippen LogP contribution in [0.2, 0.25) is 0 Å². The zero-order valence-electron chi connectivity index (χ0n) is 48.0. The first-order chi connectivity index (χ1) is 37.8. The summed E-state index contributed by atoms with van der Waals surface area (Å²) in [6.45, 7) is 29.4. The highest BCUT2D eigenvalue weighted by Gasteiger charge is 2.35. The summed E-state index contributed by atoms with van der Waals surface area (Å²) >= 11 is 0. The molecule has 446 valence electrons. The number of rotatable bonds is 22. The molecule has 2 aliphatic carbocycles. The number of fused-ring (bicyclic) bond motifs is 6. The van der Waals surface area contributed by atoms with Crippen LogP contribution in [0, 0.1) is 11.8 Å². The lowest BCUT2D eigenvalue weighted by molar-refractivity contribution is -0.159. The van der Waals surface area contributed by atoms with Crippen molar-refractivity contribution in [2.75, 3.05) is 52.5 Å². The van der Waals surface area contributed by atoms with Crippen LogP contribution in [0.3, 0.4) is 0 Å². The molecule has 0 unspecified atom stereocenters. The molecule has 0 saturated heterocycles. The predicted molar refractivity (Wildman–Crippen MR) is 323 cm³/mol. The summed E-state index contributed by atoms with van der Waals surface area (Å²) in [6, 6.07) is 30.4. The minimum absolute atomic E-state index is 0. The van der Waals surface area contributed by atoms with E-state index >= 15 is 0 Å². The van der Waals surface area contributed by atoms with Gasteiger partial charge in [0.1, 0.15) is 49.6 Å². The van der Waals surface area contributed by atoms with Crippen LogP contribution < -0.4 is 16.0 Å². The quantitative estimate of drug-likeness (QED) is 0.0249. The van der Waals surface area contributed by atoms with Gasteiger partial charge >= 0.3 is 30.1 Å². The van der Waals surface area contributed by atoms with Gasteiger partial charge in [-0.15, -0.1) is 19.7 Å². The minimum atomic E-state index is -1.14. The molecule has 4 amide bonds. The number of carbonyl (C=O) groups excluding carboxylic acids is 6. The average molecular weight is 1130 g/mol. The van der Waals surface area contributed by atoms with Crippen LogP contribution in [0.5, 0.6) is 0 Å². The van der Waals surface area contributed by atoms with E-state index < -0.39 is 65.8 Å². The van der Waals surface area contributed by atoms with Crippen LogP contribution in [-0.4, -0.2) is 133 Å². The van der Waals surface area contributed by atoms with E-state index in [9.17, 15) is 33.6 Å². The number of aliphatic carboxylic acids is 1. The van der Waals surface area contributed by atoms with Crippen molar-refractivity contribution in [1.82, 2.24) is 25.8 Å². The fourth-order valence-corrected chi connectivity index (χ4v) is 9.08. The third kappa shape index (κ3) is 21.1. The summed E-state index contributed by atoms with van der Waals surface area (Å²) in [7, 11) is 0. The number of ether oxygens (including phenoxy) is 4. The van der Waals surface area contributed by atoms with Crippen LogP contribution in [0.25, 0.3) is 22.3 Å². The Bertz CT molecular complexity index is 2720. The number of nitrogens with zero attached hydrogens (tertiary/aromatic N) is 2. The van der Waals surface area contributed by atoms with Crippen LogP contribution in [0.1, 0.15) is 118 Å². The smallest absolute Gasteiger partial charge is 0.407 e. The maximum absolute atomic E-state index is 13.3. The maximum Gasteiger partial charge on any atom is 0.407 e. The van der Waals surface area contributed by atoms with Crippen molar-refractivity contribution in [3.8, 4) is 22.3 Å². The summed E-state index contributed by atoms with van der Waals surface area (Å²) < 4.78 is 21.6. The molecule has 6 rings (SSSR count). The van der Waals surface area contributed by atoms with E-state index in [2.05, 4.69) is 60.0 Å². The van der Waals surface area contributed by atoms with E-state index in [0.29, 0.717) is 6.54 Å². The Balaban J connectivity index is 0.000000460. The van der Waals surface area contributed by atoms with Crippen molar-refractivity contribution in [1.29, 1.82) is 0 Å². The predicted octanol–water partition coefficient (Wildman–Crippen LogP) is 10.9. The fourth-order valence-electron chi connectivity index (χ4n) is 9.08. The van der Waals surface area contributed by atoms with Gasteiger partial charge in [-0.1, -0.05) is 158 Å². The fraction of sp³-hybridized carbons (Fsp3) is 0.431. The molecule has 82 heavy (non-hydrogen) atoms. The van der Waals surface area contributed by atoms with Gasteiger partial charge < -0.3 is 49.8 Å². The Morgan fingerprint density at radius 1 is 0.537 bits per heavy atom. The number of carboxylic acids is 1. The van der Waals surface area contributed by atoms with E-state index in [4.69, 9.17) is 24.1 Å². The highest BCUT2D eigenvalue weighted by molar-refractivity contribution is 5.90. The summed E-state index contributed by atoms with van der Waals surface area (Å²) in [5.41, 5.74) is 7.87. The molecule has 0 aliphatic heterocycles. The molecular formula is C65H89N5O12. The second-order valence-corrected chi connectivity index (χ2v) is 21.9. The number of hydrogen-bond donors (Lipinski definition) is 4. The van der Waals surface area contributed by atoms with Gasteiger partial charge in [0.2, 0.25) is 11.8 Å². The van der Waals surface area contributed by atoms with Gasteiger partial charge in [0, 0.05) is 31.5 Å². The van der Waals surface area contributed by atoms with E-state index in [1.807, 2.05) is 107 Å². The lowest BCUT2D eigenvalue weighted by Crippen LogP contribution is -2.53. The number of amides is 4. The number of esters is 2. The molecule has 2 aliphatic rings. The van der Waals surface area contributed by atoms with Crippen molar-refractivity contribution in [2.45, 2.75) is 119 Å². The molecule has 0 bridgehead atoms. The van der Waals surface area contributed by atoms with E-state index in [1.165, 1.54) is 17.1 Å². The van der Waals surface area contributed by atoms with Gasteiger partial charge in [-0.2, -0.15) is 0 Å². The Hall–Kier alpha value is -8.05. The Morgan fingerprint density at radius 3 is 1.17 bits per heavy atom. The van der Waals surface area contributed by atoms with Crippen molar-refractivity contribution >= 4 is 41.9 Å². The van der Waals surface area contributed by atoms with Crippen LogP contribution in [0.4, 0.5) is 9.59 Å². The van der Waals surface area contributed by atoms with Gasteiger partial charge in [-0.25, -0.2) is 9.59 Å². The third-order valence-corrected chi connectivity index (χ3v) is 12.5.